The van der Waals surface area contributed by atoms with Crippen LogP contribution >= 0.6 is 0 Å². The molecule has 0 aliphatic carbocycles. The van der Waals surface area contributed by atoms with Crippen LogP contribution in [0.25, 0.3) is 0 Å². The molecule has 1 aliphatic heterocycles. The maximum Gasteiger partial charge on any atom is 0.309 e. The molecule has 1 aromatic carbocycles. The lowest BCUT2D eigenvalue weighted by molar-refractivity contribution is -0.139. The van der Waals surface area contributed by atoms with Crippen LogP contribution in [0, 0.1) is 0 Å². The molecule has 0 bridgehead atoms. The second kappa shape index (κ2) is 11.9. The number of pyridine rings is 2. The molecule has 2 N–H and O–H groups in total. The summed E-state index contributed by atoms with van der Waals surface area (Å²) in [6.45, 7) is 3.77. The van der Waals surface area contributed by atoms with Crippen LogP contribution in [0.3, 0.4) is 0 Å². The lowest BCUT2D eigenvalue weighted by Gasteiger charge is -2.40. The van der Waals surface area contributed by atoms with E-state index >= 15 is 0 Å². The van der Waals surface area contributed by atoms with Crippen LogP contribution < -0.4 is 20.3 Å². The zero-order valence-electron chi connectivity index (χ0n) is 19.8. The van der Waals surface area contributed by atoms with Crippen molar-refractivity contribution in [3.8, 4) is 5.75 Å². The zero-order chi connectivity index (χ0) is 24.5. The predicted molar refractivity (Wildman–Crippen MR) is 133 cm³/mol. The lowest BCUT2D eigenvalue weighted by Crippen LogP contribution is -2.51. The minimum absolute atomic E-state index is 0.0985. The maximum atomic E-state index is 12.5. The van der Waals surface area contributed by atoms with Crippen LogP contribution in [-0.4, -0.2) is 66.5 Å². The number of amides is 2. The molecule has 3 heterocycles. The molecule has 182 valence electrons. The number of nitrogens with zero attached hydrogens (tertiary/aromatic N) is 4. The number of hydrogen-bond acceptors (Lipinski definition) is 7. The fraction of sp³-hybridized carbons (Fsp3) is 0.308. The average Bonchev–Trinajstić information content (AvgIpc) is 2.93. The fourth-order valence-corrected chi connectivity index (χ4v) is 4.23. The fourth-order valence-electron chi connectivity index (χ4n) is 4.23. The highest BCUT2D eigenvalue weighted by atomic mass is 16.5. The second-order valence-electron chi connectivity index (χ2n) is 8.25. The Morgan fingerprint density at radius 2 is 1.63 bits per heavy atom. The molecule has 3 aromatic rings. The van der Waals surface area contributed by atoms with Gasteiger partial charge in [-0.25, -0.2) is 0 Å². The number of methoxy groups -OCH3 is 1. The number of piperazine rings is 1. The molecule has 0 radical (unpaired) electrons. The number of carbonyl (C=O) groups is 2. The molecule has 0 saturated carbocycles. The van der Waals surface area contributed by atoms with E-state index in [1.54, 1.807) is 31.8 Å². The third-order valence-corrected chi connectivity index (χ3v) is 6.09. The van der Waals surface area contributed by atoms with Gasteiger partial charge in [0.2, 0.25) is 0 Å². The molecular weight excluding hydrogens is 444 g/mol. The Balaban J connectivity index is 1.36. The summed E-state index contributed by atoms with van der Waals surface area (Å²) in [7, 11) is 1.68. The Labute approximate surface area is 205 Å². The molecule has 0 spiro atoms. The largest absolute Gasteiger partial charge is 0.495 e. The van der Waals surface area contributed by atoms with Crippen LogP contribution in [-0.2, 0) is 16.1 Å². The van der Waals surface area contributed by atoms with Gasteiger partial charge in [-0.15, -0.1) is 0 Å². The summed E-state index contributed by atoms with van der Waals surface area (Å²) in [4.78, 5) is 37.7. The first-order chi connectivity index (χ1) is 17.2. The second-order valence-corrected chi connectivity index (χ2v) is 8.25. The minimum atomic E-state index is -0.667. The molecule has 9 nitrogen and oxygen atoms in total. The van der Waals surface area contributed by atoms with Gasteiger partial charge in [0, 0.05) is 64.1 Å². The summed E-state index contributed by atoms with van der Waals surface area (Å²) < 4.78 is 5.53. The Bertz CT molecular complexity index is 1100. The smallest absolute Gasteiger partial charge is 0.309 e. The van der Waals surface area contributed by atoms with Gasteiger partial charge in [-0.2, -0.15) is 0 Å². The number of rotatable bonds is 8. The number of ether oxygens (including phenoxy) is 1. The van der Waals surface area contributed by atoms with E-state index in [9.17, 15) is 9.59 Å². The molecule has 2 amide bonds. The van der Waals surface area contributed by atoms with Gasteiger partial charge < -0.3 is 20.3 Å². The van der Waals surface area contributed by atoms with Crippen molar-refractivity contribution in [3.63, 3.8) is 0 Å². The van der Waals surface area contributed by atoms with Gasteiger partial charge in [-0.05, 0) is 35.4 Å². The summed E-state index contributed by atoms with van der Waals surface area (Å²) in [5, 5.41) is 5.45. The van der Waals surface area contributed by atoms with E-state index in [1.165, 1.54) is 0 Å². The summed E-state index contributed by atoms with van der Waals surface area (Å²) in [5.41, 5.74) is 2.90. The Kier molecular flexibility index (Phi) is 8.24. The number of para-hydroxylation sites is 2. The number of nitrogens with one attached hydrogen (secondary N) is 2. The van der Waals surface area contributed by atoms with Crippen molar-refractivity contribution >= 4 is 17.5 Å². The number of aromatic nitrogens is 2. The van der Waals surface area contributed by atoms with E-state index in [2.05, 4.69) is 36.5 Å². The highest BCUT2D eigenvalue weighted by Gasteiger charge is 2.27. The van der Waals surface area contributed by atoms with Crippen LogP contribution in [0.1, 0.15) is 17.2 Å². The van der Waals surface area contributed by atoms with Gasteiger partial charge in [-0.3, -0.25) is 24.5 Å². The number of hydrogen-bond donors (Lipinski definition) is 2. The van der Waals surface area contributed by atoms with E-state index in [4.69, 9.17) is 4.74 Å². The Morgan fingerprint density at radius 3 is 2.31 bits per heavy atom. The number of anilines is 1. The quantitative estimate of drug-likeness (QED) is 0.480. The SMILES string of the molecule is COc1ccccc1N1CCN([C@H](CNC(=O)C(=O)NCc2cccnc2)c2cccnc2)CC1. The van der Waals surface area contributed by atoms with Crippen LogP contribution in [0.15, 0.2) is 73.3 Å². The molecular formula is C26H30N6O3. The van der Waals surface area contributed by atoms with Crippen molar-refractivity contribution in [2.75, 3.05) is 44.7 Å². The minimum Gasteiger partial charge on any atom is -0.495 e. The van der Waals surface area contributed by atoms with Crippen molar-refractivity contribution in [1.82, 2.24) is 25.5 Å². The summed E-state index contributed by atoms with van der Waals surface area (Å²) in [5.74, 6) is -0.468. The third-order valence-electron chi connectivity index (χ3n) is 6.09. The molecule has 35 heavy (non-hydrogen) atoms. The topological polar surface area (TPSA) is 99.7 Å². The van der Waals surface area contributed by atoms with Crippen molar-refractivity contribution < 1.29 is 14.3 Å². The van der Waals surface area contributed by atoms with Crippen LogP contribution in [0.2, 0.25) is 0 Å². The molecule has 2 aromatic heterocycles. The molecule has 1 aliphatic rings. The zero-order valence-corrected chi connectivity index (χ0v) is 19.8. The highest BCUT2D eigenvalue weighted by Crippen LogP contribution is 2.30. The van der Waals surface area contributed by atoms with Gasteiger partial charge in [-0.1, -0.05) is 24.3 Å². The first kappa shape index (κ1) is 24.2. The molecule has 4 rings (SSSR count). The van der Waals surface area contributed by atoms with Crippen molar-refractivity contribution in [2.45, 2.75) is 12.6 Å². The average molecular weight is 475 g/mol. The van der Waals surface area contributed by atoms with Crippen molar-refractivity contribution in [3.05, 3.63) is 84.4 Å². The van der Waals surface area contributed by atoms with E-state index in [1.807, 2.05) is 42.6 Å². The van der Waals surface area contributed by atoms with E-state index in [-0.39, 0.29) is 12.6 Å². The first-order valence-corrected chi connectivity index (χ1v) is 11.6. The number of benzene rings is 1. The standard InChI is InChI=1S/C26H30N6O3/c1-35-24-9-3-2-8-22(24)31-12-14-32(15-13-31)23(21-7-5-11-28-18-21)19-30-26(34)25(33)29-17-20-6-4-10-27-16-20/h2-11,16,18,23H,12-15,17,19H2,1H3,(H,29,33)(H,30,34)/t23-/m1/s1. The monoisotopic (exact) mass is 474 g/mol. The molecule has 9 heteroatoms. The van der Waals surface area contributed by atoms with E-state index in [0.29, 0.717) is 6.54 Å². The predicted octanol–water partition coefficient (Wildman–Crippen LogP) is 1.78. The van der Waals surface area contributed by atoms with Crippen LogP contribution in [0.5, 0.6) is 5.75 Å². The highest BCUT2D eigenvalue weighted by molar-refractivity contribution is 6.35. The summed E-state index contributed by atoms with van der Waals surface area (Å²) in [6.07, 6.45) is 6.85. The van der Waals surface area contributed by atoms with Gasteiger partial charge in [0.15, 0.2) is 0 Å². The molecule has 0 unspecified atom stereocenters. The lowest BCUT2D eigenvalue weighted by atomic mass is 10.1. The molecule has 1 saturated heterocycles. The molecule has 1 atom stereocenters. The summed E-state index contributed by atoms with van der Waals surface area (Å²) >= 11 is 0. The third kappa shape index (κ3) is 6.33. The first-order valence-electron chi connectivity index (χ1n) is 11.6. The van der Waals surface area contributed by atoms with Crippen molar-refractivity contribution in [2.24, 2.45) is 0 Å². The molecule has 1 fully saturated rings. The van der Waals surface area contributed by atoms with Crippen LogP contribution in [0.4, 0.5) is 5.69 Å². The van der Waals surface area contributed by atoms with Gasteiger partial charge in [0.25, 0.3) is 0 Å². The maximum absolute atomic E-state index is 12.5. The Hall–Kier alpha value is -3.98. The van der Waals surface area contributed by atoms with Crippen molar-refractivity contribution in [1.29, 1.82) is 0 Å². The number of carbonyl (C=O) groups excluding carboxylic acids is 2. The van der Waals surface area contributed by atoms with E-state index < -0.39 is 11.8 Å². The van der Waals surface area contributed by atoms with E-state index in [0.717, 1.165) is 48.7 Å². The Morgan fingerprint density at radius 1 is 0.914 bits per heavy atom. The van der Waals surface area contributed by atoms with Gasteiger partial charge >= 0.3 is 11.8 Å². The van der Waals surface area contributed by atoms with Gasteiger partial charge in [0.05, 0.1) is 18.8 Å². The summed E-state index contributed by atoms with van der Waals surface area (Å²) in [6, 6.07) is 15.4. The normalized spacial score (nSPS) is 14.7. The van der Waals surface area contributed by atoms with Gasteiger partial charge in [0.1, 0.15) is 5.75 Å².